The average Bonchev–Trinajstić information content (AvgIpc) is 3.30. The highest BCUT2D eigenvalue weighted by Gasteiger charge is 2.45. The van der Waals surface area contributed by atoms with Gasteiger partial charge in [-0.15, -0.1) is 11.3 Å². The van der Waals surface area contributed by atoms with Gasteiger partial charge in [-0.25, -0.2) is 4.98 Å². The van der Waals surface area contributed by atoms with Crippen LogP contribution >= 0.6 is 11.3 Å². The first-order valence-electron chi connectivity index (χ1n) is 11.5. The van der Waals surface area contributed by atoms with Gasteiger partial charge in [0.2, 0.25) is 5.78 Å². The predicted octanol–water partition coefficient (Wildman–Crippen LogP) is 5.65. The lowest BCUT2D eigenvalue weighted by Gasteiger charge is -2.28. The number of rotatable bonds is 8. The first-order valence-corrected chi connectivity index (χ1v) is 12.3. The fourth-order valence-electron chi connectivity index (χ4n) is 4.31. The molecule has 8 heteroatoms. The Morgan fingerprint density at radius 2 is 1.77 bits per heavy atom. The van der Waals surface area contributed by atoms with Crippen LogP contribution in [0.2, 0.25) is 0 Å². The van der Waals surface area contributed by atoms with E-state index in [1.54, 1.807) is 25.1 Å². The van der Waals surface area contributed by atoms with Crippen molar-refractivity contribution in [2.75, 3.05) is 18.1 Å². The number of thiazole rings is 1. The van der Waals surface area contributed by atoms with Gasteiger partial charge < -0.3 is 14.6 Å². The lowest BCUT2D eigenvalue weighted by Crippen LogP contribution is -2.31. The van der Waals surface area contributed by atoms with Crippen LogP contribution in [0, 0.1) is 20.8 Å². The van der Waals surface area contributed by atoms with Gasteiger partial charge in [-0.2, -0.15) is 0 Å². The summed E-state index contributed by atoms with van der Waals surface area (Å²) in [5, 5.41) is 11.8. The number of ketones is 1. The molecule has 0 saturated heterocycles. The summed E-state index contributed by atoms with van der Waals surface area (Å²) in [7, 11) is 0. The molecule has 0 spiro atoms. The molecule has 182 valence electrons. The van der Waals surface area contributed by atoms with E-state index >= 15 is 0 Å². The molecule has 1 aliphatic heterocycles. The smallest absolute Gasteiger partial charge is 0.294 e. The summed E-state index contributed by atoms with van der Waals surface area (Å²) in [5.74, 6) is -0.565. The van der Waals surface area contributed by atoms with Crippen LogP contribution in [0.25, 0.3) is 0 Å². The fraction of sp³-hybridized carbons (Fsp3) is 0.296. The molecule has 1 N–H and O–H groups in total. The second kappa shape index (κ2) is 9.92. The van der Waals surface area contributed by atoms with Gasteiger partial charge in [-0.3, -0.25) is 14.5 Å². The van der Waals surface area contributed by atoms with E-state index < -0.39 is 23.5 Å². The van der Waals surface area contributed by atoms with Crippen LogP contribution in [0.3, 0.4) is 0 Å². The minimum Gasteiger partial charge on any atom is -0.503 e. The van der Waals surface area contributed by atoms with E-state index in [-0.39, 0.29) is 5.57 Å². The first kappa shape index (κ1) is 24.5. The van der Waals surface area contributed by atoms with Crippen LogP contribution in [0.15, 0.2) is 53.8 Å². The van der Waals surface area contributed by atoms with Crippen molar-refractivity contribution in [3.05, 3.63) is 80.5 Å². The number of aryl methyl sites for hydroxylation is 3. The van der Waals surface area contributed by atoms with Gasteiger partial charge in [0.05, 0.1) is 40.4 Å². The van der Waals surface area contributed by atoms with Crippen molar-refractivity contribution in [1.29, 1.82) is 0 Å². The molecule has 1 aliphatic rings. The Morgan fingerprint density at radius 3 is 2.40 bits per heavy atom. The van der Waals surface area contributed by atoms with E-state index in [0.717, 1.165) is 16.1 Å². The van der Waals surface area contributed by atoms with Gasteiger partial charge in [-0.1, -0.05) is 29.8 Å². The number of aliphatic hydroxyl groups excluding tert-OH is 1. The Labute approximate surface area is 208 Å². The Kier molecular flexibility index (Phi) is 6.93. The molecule has 35 heavy (non-hydrogen) atoms. The minimum absolute atomic E-state index is 0.0409. The molecule has 3 aromatic rings. The summed E-state index contributed by atoms with van der Waals surface area (Å²) >= 11 is 1.25. The maximum atomic E-state index is 13.7. The molecule has 7 nitrogen and oxygen atoms in total. The number of benzene rings is 2. The monoisotopic (exact) mass is 492 g/mol. The van der Waals surface area contributed by atoms with Crippen molar-refractivity contribution >= 4 is 28.7 Å². The van der Waals surface area contributed by atoms with E-state index in [9.17, 15) is 14.7 Å². The zero-order valence-corrected chi connectivity index (χ0v) is 21.2. The maximum Gasteiger partial charge on any atom is 0.294 e. The highest BCUT2D eigenvalue weighted by atomic mass is 32.1. The molecule has 4 rings (SSSR count). The van der Waals surface area contributed by atoms with Gasteiger partial charge >= 0.3 is 0 Å². The predicted molar refractivity (Wildman–Crippen MR) is 136 cm³/mol. The van der Waals surface area contributed by atoms with E-state index in [0.29, 0.717) is 41.0 Å². The molecule has 0 radical (unpaired) electrons. The molecule has 1 unspecified atom stereocenters. The van der Waals surface area contributed by atoms with Crippen LogP contribution in [0.4, 0.5) is 5.69 Å². The first-order chi connectivity index (χ1) is 16.8. The highest BCUT2D eigenvalue weighted by Crippen LogP contribution is 2.44. The van der Waals surface area contributed by atoms with Crippen LogP contribution in [0.5, 0.6) is 11.5 Å². The van der Waals surface area contributed by atoms with Crippen molar-refractivity contribution in [2.45, 2.75) is 40.7 Å². The molecule has 0 aliphatic carbocycles. The molecule has 2 heterocycles. The highest BCUT2D eigenvalue weighted by molar-refractivity contribution is 7.14. The van der Waals surface area contributed by atoms with Crippen molar-refractivity contribution < 1.29 is 24.2 Å². The van der Waals surface area contributed by atoms with Crippen LogP contribution in [-0.4, -0.2) is 35.0 Å². The number of nitrogens with zero attached hydrogens (tertiary/aromatic N) is 2. The largest absolute Gasteiger partial charge is 0.503 e. The van der Waals surface area contributed by atoms with Crippen molar-refractivity contribution in [3.8, 4) is 11.5 Å². The topological polar surface area (TPSA) is 89.0 Å². The molecule has 1 aromatic heterocycles. The normalized spacial score (nSPS) is 15.6. The third kappa shape index (κ3) is 4.53. The fourth-order valence-corrected chi connectivity index (χ4v) is 5.19. The number of anilines is 1. The summed E-state index contributed by atoms with van der Waals surface area (Å²) in [6.07, 6.45) is 0. The van der Waals surface area contributed by atoms with E-state index in [2.05, 4.69) is 4.98 Å². The number of aromatic nitrogens is 1. The van der Waals surface area contributed by atoms with Crippen LogP contribution in [0.1, 0.15) is 51.4 Å². The maximum absolute atomic E-state index is 13.7. The second-order valence-electron chi connectivity index (χ2n) is 8.23. The molecule has 0 bridgehead atoms. The number of carbonyl (C=O) groups excluding carboxylic acids is 2. The Hall–Kier alpha value is -3.65. The SMILES string of the molecule is CCOc1ccc(N2C(=O)C(O)=C(C(=O)c3sc(C)nc3C)C2c2cccc(C)c2)cc1OCC. The lowest BCUT2D eigenvalue weighted by molar-refractivity contribution is -0.117. The van der Waals surface area contributed by atoms with Gasteiger partial charge in [0.25, 0.3) is 5.91 Å². The van der Waals surface area contributed by atoms with Gasteiger partial charge in [0.15, 0.2) is 17.3 Å². The van der Waals surface area contributed by atoms with Gasteiger partial charge in [0.1, 0.15) is 0 Å². The Balaban J connectivity index is 1.88. The molecular weight excluding hydrogens is 464 g/mol. The number of aliphatic hydroxyl groups is 1. The average molecular weight is 493 g/mol. The van der Waals surface area contributed by atoms with E-state index in [4.69, 9.17) is 9.47 Å². The van der Waals surface area contributed by atoms with Crippen LogP contribution < -0.4 is 14.4 Å². The van der Waals surface area contributed by atoms with Gasteiger partial charge in [0, 0.05) is 11.8 Å². The summed E-state index contributed by atoms with van der Waals surface area (Å²) in [4.78, 5) is 33.4. The zero-order chi connectivity index (χ0) is 25.3. The quantitative estimate of drug-likeness (QED) is 0.409. The van der Waals surface area contributed by atoms with Gasteiger partial charge in [-0.05, 0) is 52.3 Å². The molecule has 0 fully saturated rings. The summed E-state index contributed by atoms with van der Waals surface area (Å²) in [6.45, 7) is 10.1. The molecule has 2 aromatic carbocycles. The van der Waals surface area contributed by atoms with E-state index in [1.807, 2.05) is 52.0 Å². The van der Waals surface area contributed by atoms with Crippen LogP contribution in [-0.2, 0) is 4.79 Å². The number of Topliss-reactive ketones (excluding diaryl/α,β-unsaturated/α-hetero) is 1. The lowest BCUT2D eigenvalue weighted by atomic mass is 9.94. The third-order valence-corrected chi connectivity index (χ3v) is 6.80. The van der Waals surface area contributed by atoms with E-state index in [1.165, 1.54) is 16.2 Å². The van der Waals surface area contributed by atoms with Crippen molar-refractivity contribution in [3.63, 3.8) is 0 Å². The minimum atomic E-state index is -0.816. The molecule has 0 saturated carbocycles. The van der Waals surface area contributed by atoms with Crippen molar-refractivity contribution in [1.82, 2.24) is 4.98 Å². The summed E-state index contributed by atoms with van der Waals surface area (Å²) in [6, 6.07) is 11.9. The molecule has 1 amide bonds. The number of amides is 1. The molecule has 1 atom stereocenters. The molecular formula is C27H28N2O5S. The Morgan fingerprint density at radius 1 is 1.06 bits per heavy atom. The summed E-state index contributed by atoms with van der Waals surface area (Å²) in [5.41, 5.74) is 2.79. The standard InChI is InChI=1S/C27H28N2O5S/c1-6-33-20-12-11-19(14-21(20)34-7-2)29-23(18-10-8-9-15(3)13-18)22(25(31)27(29)32)24(30)26-16(4)28-17(5)35-26/h8-14,23,31H,6-7H2,1-5H3. The number of hydrogen-bond acceptors (Lipinski definition) is 7. The number of carbonyl (C=O) groups is 2. The number of hydrogen-bond donors (Lipinski definition) is 1. The summed E-state index contributed by atoms with van der Waals surface area (Å²) < 4.78 is 11.4. The third-order valence-electron chi connectivity index (χ3n) is 5.73. The number of ether oxygens (including phenoxy) is 2. The second-order valence-corrected chi connectivity index (χ2v) is 9.43. The Bertz CT molecular complexity index is 1330. The zero-order valence-electron chi connectivity index (χ0n) is 20.4. The van der Waals surface area contributed by atoms with Crippen molar-refractivity contribution in [2.24, 2.45) is 0 Å².